The summed E-state index contributed by atoms with van der Waals surface area (Å²) in [5.74, 6) is 2.74. The van der Waals surface area contributed by atoms with E-state index in [-0.39, 0.29) is 40.8 Å². The third kappa shape index (κ3) is 10.7. The first-order valence-corrected chi connectivity index (χ1v) is 28.8. The van der Waals surface area contributed by atoms with E-state index in [9.17, 15) is 0 Å². The first-order valence-electron chi connectivity index (χ1n) is 28.8. The Hall–Kier alpha value is -11.2. The zero-order valence-electron chi connectivity index (χ0n) is 48.7. The van der Waals surface area contributed by atoms with Gasteiger partial charge in [0.15, 0.2) is 0 Å². The van der Waals surface area contributed by atoms with Gasteiger partial charge in [0.05, 0.1) is 56.0 Å². The summed E-state index contributed by atoms with van der Waals surface area (Å²) in [6.45, 7) is 2.17. The first kappa shape index (κ1) is 59.7. The maximum absolute atomic E-state index is 9.00. The van der Waals surface area contributed by atoms with Crippen molar-refractivity contribution in [2.24, 2.45) is 0 Å². The third-order valence-corrected chi connectivity index (χ3v) is 15.6. The number of carbonyl (C=O) groups is 2. The van der Waals surface area contributed by atoms with Gasteiger partial charge in [0.25, 0.3) is 11.9 Å². The Kier molecular flexibility index (Phi) is 16.2. The van der Waals surface area contributed by atoms with Crippen molar-refractivity contribution in [2.45, 2.75) is 13.8 Å². The van der Waals surface area contributed by atoms with Gasteiger partial charge in [-0.15, -0.1) is 29.7 Å². The third-order valence-electron chi connectivity index (χ3n) is 15.6. The van der Waals surface area contributed by atoms with Crippen LogP contribution in [-0.4, -0.2) is 70.0 Å². The van der Waals surface area contributed by atoms with E-state index < -0.39 is 11.9 Å². The summed E-state index contributed by atoms with van der Waals surface area (Å²) < 4.78 is 21.6. The molecule has 18 aromatic rings. The summed E-state index contributed by atoms with van der Waals surface area (Å²) in [6, 6.07) is 76.7. The van der Waals surface area contributed by atoms with Crippen LogP contribution in [-0.2, 0) is 50.4 Å². The Morgan fingerprint density at radius 3 is 1.48 bits per heavy atom. The quantitative estimate of drug-likeness (QED) is 0.0912. The minimum absolute atomic E-state index is 0. The normalized spacial score (nSPS) is 11.2. The molecule has 0 atom stereocenters. The molecule has 18 heteroatoms. The summed E-state index contributed by atoms with van der Waals surface area (Å²) in [7, 11) is 0. The molecule has 0 fully saturated rings. The summed E-state index contributed by atoms with van der Waals surface area (Å²) in [5, 5.41) is 25.7. The van der Waals surface area contributed by atoms with E-state index in [1.54, 1.807) is 6.20 Å². The number of pyridine rings is 6. The van der Waals surface area contributed by atoms with Gasteiger partial charge in [-0.05, 0) is 119 Å². The Bertz CT molecular complexity index is 5510. The molecule has 0 bridgehead atoms. The number of rotatable bonds is 6. The number of hydrogen-bond acceptors (Lipinski definition) is 10. The minimum Gasteiger partial charge on any atom is -0.503 e. The summed E-state index contributed by atoms with van der Waals surface area (Å²) in [6.07, 6.45) is 11.1. The number of para-hydroxylation sites is 6. The number of fused-ring (bicyclic) bond motifs is 22. The van der Waals surface area contributed by atoms with Crippen LogP contribution < -0.4 is 9.47 Å². The largest absolute Gasteiger partial charge is 2.00 e. The number of imidazole rings is 2. The van der Waals surface area contributed by atoms with Crippen molar-refractivity contribution in [1.29, 1.82) is 0 Å². The molecule has 0 aliphatic heterocycles. The number of carboxylic acids is 2. The maximum Gasteiger partial charge on any atom is 2.00 e. The van der Waals surface area contributed by atoms with Crippen LogP contribution in [0.5, 0.6) is 23.0 Å². The number of carboxylic acid groups (broad SMARTS) is 2. The van der Waals surface area contributed by atoms with Gasteiger partial charge in [0, 0.05) is 110 Å². The van der Waals surface area contributed by atoms with Gasteiger partial charge in [-0.2, -0.15) is 6.07 Å². The van der Waals surface area contributed by atoms with E-state index in [4.69, 9.17) is 39.2 Å². The molecule has 8 aromatic carbocycles. The van der Waals surface area contributed by atoms with Crippen molar-refractivity contribution >= 4 is 132 Å². The maximum atomic E-state index is 9.00. The number of benzene rings is 8. The smallest absolute Gasteiger partial charge is 0.503 e. The van der Waals surface area contributed by atoms with Crippen LogP contribution in [0.1, 0.15) is 13.8 Å². The predicted octanol–water partition coefficient (Wildman–Crippen LogP) is 16.7. The van der Waals surface area contributed by atoms with Crippen LogP contribution >= 0.6 is 0 Å². The molecule has 450 valence electrons. The summed E-state index contributed by atoms with van der Waals surface area (Å²) >= 11 is 0. The van der Waals surface area contributed by atoms with E-state index in [0.717, 1.165) is 152 Å². The monoisotopic (exact) mass is 1380 g/mol. The van der Waals surface area contributed by atoms with Crippen molar-refractivity contribution in [3.05, 3.63) is 256 Å². The molecule has 10 aromatic heterocycles. The first-order chi connectivity index (χ1) is 44.1. The molecule has 0 unspecified atom stereocenters. The molecule has 0 saturated heterocycles. The van der Waals surface area contributed by atoms with Gasteiger partial charge in [-0.25, -0.2) is 15.0 Å². The van der Waals surface area contributed by atoms with Crippen LogP contribution in [0, 0.1) is 12.1 Å². The van der Waals surface area contributed by atoms with E-state index in [1.807, 2.05) is 140 Å². The van der Waals surface area contributed by atoms with Gasteiger partial charge < -0.3 is 28.7 Å². The molecule has 0 spiro atoms. The Morgan fingerprint density at radius 1 is 0.402 bits per heavy atom. The van der Waals surface area contributed by atoms with Crippen molar-refractivity contribution in [1.82, 2.24) is 47.8 Å². The van der Waals surface area contributed by atoms with Gasteiger partial charge in [0.1, 0.15) is 28.8 Å². The standard InChI is InChI=1S/C35H21N5O.C35H19N5O.2C2H4O2.2Pd/c2*1-3-9-30-25(7-1)26-15-13-23(20-32(26)39(30)34-11-5-6-17-37-34)41-22-12-14-24-27-16-18-36-21-33(27)40-31-10-4-2-8-29(31)38-35(40)28(24)19-22;2*1-2(3)4;;/h1-21H;1-18,21H;2*1H3,(H,3,4);;/q;-2;;;;+2. The average Bonchev–Trinajstić information content (AvgIpc) is 1.47. The number of aromatic nitrogens is 10. The molecule has 0 aliphatic rings. The second-order valence-corrected chi connectivity index (χ2v) is 21.2. The Labute approximate surface area is 550 Å². The SMILES string of the molecule is CC(=O)O.CC(=O)O.[Pd+2].[Pd].[c-]1c(Oc2[c-]c3c(cc2)c2ccccc2n3-c2ccccn2)ccc2c1c1nc3ccccc3n1c1cnccc21.c1ccc(-n2c3ccccc3c3ccc(Oc4ccc5c6ccncc6n6c7ccccc7nc6c5c4)cc32)nc1. The molecule has 2 N–H and O–H groups in total. The zero-order chi connectivity index (χ0) is 61.0. The van der Waals surface area contributed by atoms with Crippen LogP contribution in [0.3, 0.4) is 0 Å². The van der Waals surface area contributed by atoms with Crippen LogP contribution in [0.15, 0.2) is 243 Å². The number of hydrogen-bond donors (Lipinski definition) is 2. The molecular formula is C74H48N10O6Pd2. The van der Waals surface area contributed by atoms with Crippen LogP contribution in [0.4, 0.5) is 0 Å². The molecule has 0 radical (unpaired) electrons. The van der Waals surface area contributed by atoms with Crippen LogP contribution in [0.25, 0.3) is 132 Å². The second-order valence-electron chi connectivity index (χ2n) is 21.2. The average molecular weight is 1390 g/mol. The van der Waals surface area contributed by atoms with Crippen molar-refractivity contribution in [2.75, 3.05) is 0 Å². The van der Waals surface area contributed by atoms with Crippen molar-refractivity contribution in [3.8, 4) is 34.6 Å². The van der Waals surface area contributed by atoms with E-state index in [2.05, 4.69) is 147 Å². The van der Waals surface area contributed by atoms with Gasteiger partial charge in [-0.3, -0.25) is 33.5 Å². The molecule has 10 heterocycles. The Morgan fingerprint density at radius 2 is 0.859 bits per heavy atom. The fourth-order valence-corrected chi connectivity index (χ4v) is 12.1. The number of ether oxygens (including phenoxy) is 2. The van der Waals surface area contributed by atoms with Crippen molar-refractivity contribution in [3.63, 3.8) is 0 Å². The Balaban J connectivity index is 0.000000148. The van der Waals surface area contributed by atoms with E-state index >= 15 is 0 Å². The minimum atomic E-state index is -0.833. The molecule has 0 amide bonds. The molecule has 18 rings (SSSR count). The molecule has 0 aliphatic carbocycles. The van der Waals surface area contributed by atoms with E-state index in [1.165, 1.54) is 5.39 Å². The molecule has 0 saturated carbocycles. The summed E-state index contributed by atoms with van der Waals surface area (Å²) in [4.78, 5) is 46.1. The van der Waals surface area contributed by atoms with Gasteiger partial charge >= 0.3 is 20.4 Å². The molecular weight excluding hydrogens is 1340 g/mol. The topological polar surface area (TPSA) is 189 Å². The predicted molar refractivity (Wildman–Crippen MR) is 353 cm³/mol. The van der Waals surface area contributed by atoms with E-state index in [0.29, 0.717) is 11.5 Å². The number of aliphatic carboxylic acids is 2. The molecule has 16 nitrogen and oxygen atoms in total. The fourth-order valence-electron chi connectivity index (χ4n) is 12.1. The zero-order valence-corrected chi connectivity index (χ0v) is 51.8. The summed E-state index contributed by atoms with van der Waals surface area (Å²) in [5.41, 5.74) is 11.8. The van der Waals surface area contributed by atoms with Gasteiger partial charge in [-0.1, -0.05) is 95.2 Å². The van der Waals surface area contributed by atoms with Gasteiger partial charge in [0.2, 0.25) is 0 Å². The van der Waals surface area contributed by atoms with Crippen LogP contribution in [0.2, 0.25) is 0 Å². The second kappa shape index (κ2) is 25.0. The molecule has 92 heavy (non-hydrogen) atoms. The number of nitrogens with zero attached hydrogens (tertiary/aromatic N) is 10. The van der Waals surface area contributed by atoms with Crippen molar-refractivity contribution < 1.29 is 70.1 Å². The fraction of sp³-hybridized carbons (Fsp3) is 0.0270.